The van der Waals surface area contributed by atoms with Crippen LogP contribution in [0.4, 0.5) is 0 Å². The molecule has 118 valence electrons. The van der Waals surface area contributed by atoms with E-state index in [1.807, 2.05) is 0 Å². The van der Waals surface area contributed by atoms with Gasteiger partial charge in [0.15, 0.2) is 0 Å². The average molecular weight is 300 g/mol. The van der Waals surface area contributed by atoms with E-state index in [1.54, 1.807) is 0 Å². The predicted octanol–water partition coefficient (Wildman–Crippen LogP) is 2.10. The van der Waals surface area contributed by atoms with Gasteiger partial charge in [-0.3, -0.25) is 10.00 Å². The smallest absolute Gasteiger partial charge is 0.146 e. The van der Waals surface area contributed by atoms with Crippen molar-refractivity contribution in [3.05, 3.63) is 29.1 Å². The summed E-state index contributed by atoms with van der Waals surface area (Å²) in [6.45, 7) is 5.17. The Bertz CT molecular complexity index is 653. The summed E-state index contributed by atoms with van der Waals surface area (Å²) < 4.78 is 2.21. The van der Waals surface area contributed by atoms with Crippen LogP contribution in [-0.4, -0.2) is 43.0 Å². The lowest BCUT2D eigenvalue weighted by Gasteiger charge is -2.31. The first-order chi connectivity index (χ1) is 10.7. The average Bonchev–Trinajstić information content (AvgIpc) is 3.17. The van der Waals surface area contributed by atoms with E-state index in [0.717, 1.165) is 31.2 Å². The minimum absolute atomic E-state index is 0.537. The van der Waals surface area contributed by atoms with Crippen molar-refractivity contribution < 1.29 is 0 Å². The largest absolute Gasteiger partial charge is 0.317 e. The van der Waals surface area contributed by atoms with Gasteiger partial charge in [-0.1, -0.05) is 0 Å². The van der Waals surface area contributed by atoms with Gasteiger partial charge in [-0.2, -0.15) is 5.10 Å². The molecule has 2 fully saturated rings. The van der Waals surface area contributed by atoms with Crippen molar-refractivity contribution in [2.24, 2.45) is 7.05 Å². The highest BCUT2D eigenvalue weighted by molar-refractivity contribution is 5.13. The van der Waals surface area contributed by atoms with E-state index in [4.69, 9.17) is 0 Å². The van der Waals surface area contributed by atoms with Gasteiger partial charge in [0.1, 0.15) is 11.6 Å². The maximum Gasteiger partial charge on any atom is 0.146 e. The molecule has 3 heterocycles. The Balaban J connectivity index is 1.44. The van der Waals surface area contributed by atoms with Gasteiger partial charge in [0, 0.05) is 31.1 Å². The summed E-state index contributed by atoms with van der Waals surface area (Å²) >= 11 is 0. The fourth-order valence-corrected chi connectivity index (χ4v) is 3.50. The molecular formula is C16H24N6. The van der Waals surface area contributed by atoms with E-state index in [9.17, 15) is 0 Å². The standard InChI is InChI=1S/C16H24N6/c1-11-8-14(18-17-11)13-4-3-7-22(9-13)10-15-19-20-16(21(15)2)12-5-6-12/h8,12-13H,3-7,9-10H2,1-2H3,(H,17,18)/t13-/m1/s1. The third-order valence-electron chi connectivity index (χ3n) is 4.96. The second-order valence-electron chi connectivity index (χ2n) is 6.86. The van der Waals surface area contributed by atoms with Gasteiger partial charge in [-0.25, -0.2) is 0 Å². The summed E-state index contributed by atoms with van der Waals surface area (Å²) in [7, 11) is 2.11. The van der Waals surface area contributed by atoms with Crippen molar-refractivity contribution in [2.75, 3.05) is 13.1 Å². The molecule has 4 rings (SSSR count). The molecule has 0 unspecified atom stereocenters. The van der Waals surface area contributed by atoms with Crippen LogP contribution in [0.3, 0.4) is 0 Å². The molecule has 1 aliphatic carbocycles. The van der Waals surface area contributed by atoms with Crippen molar-refractivity contribution in [1.82, 2.24) is 29.9 Å². The number of aryl methyl sites for hydroxylation is 1. The molecule has 0 spiro atoms. The molecule has 0 bridgehead atoms. The summed E-state index contributed by atoms with van der Waals surface area (Å²) in [5.74, 6) is 3.47. The SMILES string of the molecule is Cc1cc([C@@H]2CCCN(Cc3nnc(C4CC4)n3C)C2)n[nH]1. The first kappa shape index (κ1) is 13.9. The molecule has 6 nitrogen and oxygen atoms in total. The number of aromatic nitrogens is 5. The maximum absolute atomic E-state index is 4.45. The number of piperidine rings is 1. The summed E-state index contributed by atoms with van der Waals surface area (Å²) in [5.41, 5.74) is 2.35. The zero-order valence-electron chi connectivity index (χ0n) is 13.4. The highest BCUT2D eigenvalue weighted by Gasteiger charge is 2.30. The Labute approximate surface area is 130 Å². The normalized spacial score (nSPS) is 23.1. The van der Waals surface area contributed by atoms with E-state index >= 15 is 0 Å². The van der Waals surface area contributed by atoms with Crippen LogP contribution in [0.2, 0.25) is 0 Å². The maximum atomic E-state index is 4.45. The van der Waals surface area contributed by atoms with Crippen LogP contribution >= 0.6 is 0 Å². The van der Waals surface area contributed by atoms with Gasteiger partial charge in [-0.15, -0.1) is 10.2 Å². The lowest BCUT2D eigenvalue weighted by atomic mass is 9.94. The number of nitrogens with zero attached hydrogens (tertiary/aromatic N) is 5. The van der Waals surface area contributed by atoms with Gasteiger partial charge in [0.25, 0.3) is 0 Å². The van der Waals surface area contributed by atoms with Crippen molar-refractivity contribution in [1.29, 1.82) is 0 Å². The number of aromatic amines is 1. The Morgan fingerprint density at radius 1 is 1.23 bits per heavy atom. The molecule has 0 radical (unpaired) electrons. The summed E-state index contributed by atoms with van der Waals surface area (Å²) in [6.07, 6.45) is 5.00. The third-order valence-corrected chi connectivity index (χ3v) is 4.96. The third kappa shape index (κ3) is 2.67. The minimum atomic E-state index is 0.537. The van der Waals surface area contributed by atoms with Crippen LogP contribution in [0.5, 0.6) is 0 Å². The summed E-state index contributed by atoms with van der Waals surface area (Å²) in [4.78, 5) is 2.50. The molecule has 1 saturated carbocycles. The molecule has 1 N–H and O–H groups in total. The number of hydrogen-bond donors (Lipinski definition) is 1. The van der Waals surface area contributed by atoms with E-state index in [-0.39, 0.29) is 0 Å². The van der Waals surface area contributed by atoms with Crippen LogP contribution in [0.1, 0.15) is 60.6 Å². The monoisotopic (exact) mass is 300 g/mol. The molecular weight excluding hydrogens is 276 g/mol. The molecule has 2 aromatic rings. The molecule has 2 aliphatic rings. The molecule has 22 heavy (non-hydrogen) atoms. The Kier molecular flexibility index (Phi) is 3.48. The number of H-pyrrole nitrogens is 1. The van der Waals surface area contributed by atoms with Crippen LogP contribution in [0, 0.1) is 6.92 Å². The Morgan fingerprint density at radius 2 is 2.09 bits per heavy atom. The first-order valence-electron chi connectivity index (χ1n) is 8.33. The highest BCUT2D eigenvalue weighted by Crippen LogP contribution is 2.38. The van der Waals surface area contributed by atoms with E-state index in [0.29, 0.717) is 11.8 Å². The second-order valence-corrected chi connectivity index (χ2v) is 6.86. The van der Waals surface area contributed by atoms with Crippen LogP contribution < -0.4 is 0 Å². The van der Waals surface area contributed by atoms with E-state index < -0.39 is 0 Å². The highest BCUT2D eigenvalue weighted by atomic mass is 15.3. The zero-order valence-corrected chi connectivity index (χ0v) is 13.4. The van der Waals surface area contributed by atoms with Crippen molar-refractivity contribution in [3.63, 3.8) is 0 Å². The lowest BCUT2D eigenvalue weighted by Crippen LogP contribution is -2.34. The quantitative estimate of drug-likeness (QED) is 0.939. The van der Waals surface area contributed by atoms with Crippen LogP contribution in [0.15, 0.2) is 6.07 Å². The van der Waals surface area contributed by atoms with E-state index in [1.165, 1.54) is 37.2 Å². The van der Waals surface area contributed by atoms with Gasteiger partial charge in [0.05, 0.1) is 12.2 Å². The van der Waals surface area contributed by atoms with Crippen LogP contribution in [0.25, 0.3) is 0 Å². The van der Waals surface area contributed by atoms with Gasteiger partial charge >= 0.3 is 0 Å². The molecule has 0 aromatic carbocycles. The lowest BCUT2D eigenvalue weighted by molar-refractivity contribution is 0.192. The molecule has 1 atom stereocenters. The number of hydrogen-bond acceptors (Lipinski definition) is 4. The predicted molar refractivity (Wildman–Crippen MR) is 83.6 cm³/mol. The van der Waals surface area contributed by atoms with Crippen LogP contribution in [-0.2, 0) is 13.6 Å². The molecule has 1 saturated heterocycles. The molecule has 0 amide bonds. The minimum Gasteiger partial charge on any atom is -0.317 e. The molecule has 1 aliphatic heterocycles. The topological polar surface area (TPSA) is 62.6 Å². The van der Waals surface area contributed by atoms with E-state index in [2.05, 4.69) is 49.9 Å². The van der Waals surface area contributed by atoms with Gasteiger partial charge < -0.3 is 4.57 Å². The first-order valence-corrected chi connectivity index (χ1v) is 8.33. The molecule has 2 aromatic heterocycles. The van der Waals surface area contributed by atoms with Gasteiger partial charge in [0.2, 0.25) is 0 Å². The van der Waals surface area contributed by atoms with Crippen molar-refractivity contribution in [2.45, 2.75) is 51.0 Å². The Morgan fingerprint density at radius 3 is 2.82 bits per heavy atom. The fraction of sp³-hybridized carbons (Fsp3) is 0.688. The van der Waals surface area contributed by atoms with Crippen molar-refractivity contribution in [3.8, 4) is 0 Å². The number of nitrogens with one attached hydrogen (secondary N) is 1. The molecule has 6 heteroatoms. The Hall–Kier alpha value is -1.69. The fourth-order valence-electron chi connectivity index (χ4n) is 3.50. The number of likely N-dealkylation sites (tertiary alicyclic amines) is 1. The second kappa shape index (κ2) is 5.50. The summed E-state index contributed by atoms with van der Waals surface area (Å²) in [5, 5.41) is 16.3. The number of rotatable bonds is 4. The summed E-state index contributed by atoms with van der Waals surface area (Å²) in [6, 6.07) is 2.18. The zero-order chi connectivity index (χ0) is 15.1. The van der Waals surface area contributed by atoms with Crippen molar-refractivity contribution >= 4 is 0 Å². The van der Waals surface area contributed by atoms with Gasteiger partial charge in [-0.05, 0) is 45.2 Å².